The first-order valence-electron chi connectivity index (χ1n) is 4.43. The first-order valence-corrected chi connectivity index (χ1v) is 4.87. The summed E-state index contributed by atoms with van der Waals surface area (Å²) in [6, 6.07) is 1.68. The summed E-state index contributed by atoms with van der Waals surface area (Å²) in [6.45, 7) is 0. The van der Waals surface area contributed by atoms with Gasteiger partial charge in [0, 0.05) is 11.6 Å². The highest BCUT2D eigenvalue weighted by Gasteiger charge is 2.41. The summed E-state index contributed by atoms with van der Waals surface area (Å²) in [5.41, 5.74) is -0.697. The monoisotopic (exact) mass is 272 g/mol. The van der Waals surface area contributed by atoms with E-state index in [2.05, 4.69) is 0 Å². The van der Waals surface area contributed by atoms with Crippen molar-refractivity contribution in [3.63, 3.8) is 0 Å². The van der Waals surface area contributed by atoms with Crippen molar-refractivity contribution in [1.82, 2.24) is 0 Å². The van der Waals surface area contributed by atoms with Gasteiger partial charge in [-0.2, -0.15) is 13.2 Å². The number of alkyl halides is 4. The lowest BCUT2D eigenvalue weighted by molar-refractivity contribution is -0.132. The largest absolute Gasteiger partial charge is 0.493 e. The SMILES string of the molecule is COc1cc(F)c(C(Cl)C(F)(F)F)cc1OC. The third kappa shape index (κ3) is 2.94. The zero-order chi connectivity index (χ0) is 13.2. The first-order chi connectivity index (χ1) is 7.81. The fraction of sp³-hybridized carbons (Fsp3) is 0.400. The molecule has 1 aromatic rings. The normalized spacial score (nSPS) is 13.4. The average molecular weight is 273 g/mol. The van der Waals surface area contributed by atoms with Gasteiger partial charge in [-0.05, 0) is 6.07 Å². The second-order valence-electron chi connectivity index (χ2n) is 3.13. The minimum Gasteiger partial charge on any atom is -0.493 e. The highest BCUT2D eigenvalue weighted by molar-refractivity contribution is 6.21. The van der Waals surface area contributed by atoms with Crippen molar-refractivity contribution < 1.29 is 27.0 Å². The van der Waals surface area contributed by atoms with Crippen molar-refractivity contribution in [2.24, 2.45) is 0 Å². The van der Waals surface area contributed by atoms with Gasteiger partial charge in [0.2, 0.25) is 0 Å². The fourth-order valence-corrected chi connectivity index (χ4v) is 1.41. The van der Waals surface area contributed by atoms with Gasteiger partial charge in [-0.25, -0.2) is 4.39 Å². The molecule has 1 unspecified atom stereocenters. The molecule has 0 aromatic heterocycles. The minimum atomic E-state index is -4.73. The molecule has 1 atom stereocenters. The lowest BCUT2D eigenvalue weighted by Gasteiger charge is -2.16. The predicted molar refractivity (Wildman–Crippen MR) is 54.2 cm³/mol. The highest BCUT2D eigenvalue weighted by Crippen LogP contribution is 2.42. The lowest BCUT2D eigenvalue weighted by atomic mass is 10.1. The van der Waals surface area contributed by atoms with E-state index in [0.29, 0.717) is 0 Å². The van der Waals surface area contributed by atoms with E-state index in [-0.39, 0.29) is 11.5 Å². The molecule has 0 aliphatic heterocycles. The molecule has 0 heterocycles. The Bertz CT molecular complexity index is 406. The summed E-state index contributed by atoms with van der Waals surface area (Å²) >= 11 is 5.15. The predicted octanol–water partition coefficient (Wildman–Crippen LogP) is 3.69. The van der Waals surface area contributed by atoms with Crippen LogP contribution in [0.25, 0.3) is 0 Å². The first kappa shape index (κ1) is 13.9. The molecule has 7 heteroatoms. The summed E-state index contributed by atoms with van der Waals surface area (Å²) in [6.07, 6.45) is -4.73. The fourth-order valence-electron chi connectivity index (χ4n) is 1.24. The van der Waals surface area contributed by atoms with E-state index in [9.17, 15) is 17.6 Å². The van der Waals surface area contributed by atoms with Crippen molar-refractivity contribution in [1.29, 1.82) is 0 Å². The van der Waals surface area contributed by atoms with Crippen molar-refractivity contribution in [3.05, 3.63) is 23.5 Å². The highest BCUT2D eigenvalue weighted by atomic mass is 35.5. The van der Waals surface area contributed by atoms with Crippen LogP contribution >= 0.6 is 11.6 Å². The minimum absolute atomic E-state index is 0.000193. The van der Waals surface area contributed by atoms with Crippen LogP contribution in [0.1, 0.15) is 10.9 Å². The van der Waals surface area contributed by atoms with Crippen LogP contribution < -0.4 is 9.47 Å². The van der Waals surface area contributed by atoms with Gasteiger partial charge in [0.15, 0.2) is 16.9 Å². The third-order valence-corrected chi connectivity index (χ3v) is 2.55. The van der Waals surface area contributed by atoms with Gasteiger partial charge in [-0.3, -0.25) is 0 Å². The number of hydrogen-bond acceptors (Lipinski definition) is 2. The van der Waals surface area contributed by atoms with Gasteiger partial charge in [0.05, 0.1) is 14.2 Å². The summed E-state index contributed by atoms with van der Waals surface area (Å²) in [5.74, 6) is -1.11. The number of rotatable bonds is 3. The number of methoxy groups -OCH3 is 2. The van der Waals surface area contributed by atoms with E-state index >= 15 is 0 Å². The molecule has 0 aliphatic rings. The summed E-state index contributed by atoms with van der Waals surface area (Å²) < 4.78 is 60.0. The number of hydrogen-bond donors (Lipinski definition) is 0. The summed E-state index contributed by atoms with van der Waals surface area (Å²) in [7, 11) is 2.48. The van der Waals surface area contributed by atoms with Gasteiger partial charge in [0.1, 0.15) is 5.82 Å². The van der Waals surface area contributed by atoms with Gasteiger partial charge in [-0.1, -0.05) is 0 Å². The van der Waals surface area contributed by atoms with Crippen LogP contribution in [0, 0.1) is 5.82 Å². The van der Waals surface area contributed by atoms with E-state index in [1.54, 1.807) is 0 Å². The second-order valence-corrected chi connectivity index (χ2v) is 3.57. The van der Waals surface area contributed by atoms with E-state index in [4.69, 9.17) is 21.1 Å². The third-order valence-electron chi connectivity index (χ3n) is 2.06. The van der Waals surface area contributed by atoms with Crippen molar-refractivity contribution in [2.75, 3.05) is 14.2 Å². The van der Waals surface area contributed by atoms with Crippen molar-refractivity contribution in [3.8, 4) is 11.5 Å². The Morgan fingerprint density at radius 3 is 2.00 bits per heavy atom. The molecule has 0 fully saturated rings. The maximum Gasteiger partial charge on any atom is 0.409 e. The smallest absolute Gasteiger partial charge is 0.409 e. The van der Waals surface area contributed by atoms with Crippen LogP contribution in [0.4, 0.5) is 17.6 Å². The van der Waals surface area contributed by atoms with Gasteiger partial charge >= 0.3 is 6.18 Å². The molecule has 0 saturated heterocycles. The zero-order valence-corrected chi connectivity index (χ0v) is 9.69. The second kappa shape index (κ2) is 5.00. The maximum absolute atomic E-state index is 13.4. The molecular formula is C10H9ClF4O2. The number of benzene rings is 1. The summed E-state index contributed by atoms with van der Waals surface area (Å²) in [4.78, 5) is 0. The van der Waals surface area contributed by atoms with Crippen LogP contribution in [0.3, 0.4) is 0 Å². The van der Waals surface area contributed by atoms with E-state index in [1.165, 1.54) is 14.2 Å². The summed E-state index contributed by atoms with van der Waals surface area (Å²) in [5, 5.41) is -2.43. The van der Waals surface area contributed by atoms with Gasteiger partial charge in [0.25, 0.3) is 0 Å². The molecule has 0 bridgehead atoms. The Kier molecular flexibility index (Phi) is 4.08. The average Bonchev–Trinajstić information content (AvgIpc) is 2.26. The molecule has 96 valence electrons. The molecule has 2 nitrogen and oxygen atoms in total. The van der Waals surface area contributed by atoms with Crippen LogP contribution in [0.5, 0.6) is 11.5 Å². The Hall–Kier alpha value is -1.17. The topological polar surface area (TPSA) is 18.5 Å². The van der Waals surface area contributed by atoms with Gasteiger partial charge < -0.3 is 9.47 Å². The van der Waals surface area contributed by atoms with Gasteiger partial charge in [-0.15, -0.1) is 11.6 Å². The molecule has 0 aliphatic carbocycles. The lowest BCUT2D eigenvalue weighted by Crippen LogP contribution is -2.17. The Morgan fingerprint density at radius 2 is 1.59 bits per heavy atom. The maximum atomic E-state index is 13.4. The molecule has 0 spiro atoms. The molecular weight excluding hydrogens is 264 g/mol. The molecule has 17 heavy (non-hydrogen) atoms. The molecule has 1 rings (SSSR count). The van der Waals surface area contributed by atoms with Crippen molar-refractivity contribution in [2.45, 2.75) is 11.6 Å². The quantitative estimate of drug-likeness (QED) is 0.617. The van der Waals surface area contributed by atoms with E-state index < -0.39 is 22.9 Å². The standard InChI is InChI=1S/C10H9ClF4O2/c1-16-7-3-5(9(11)10(13,14)15)6(12)4-8(7)17-2/h3-4,9H,1-2H3. The Morgan fingerprint density at radius 1 is 1.12 bits per heavy atom. The Balaban J connectivity index is 3.26. The van der Waals surface area contributed by atoms with E-state index in [0.717, 1.165) is 12.1 Å². The van der Waals surface area contributed by atoms with Crippen LogP contribution in [-0.2, 0) is 0 Å². The molecule has 0 saturated carbocycles. The Labute approximate surface area is 100 Å². The van der Waals surface area contributed by atoms with E-state index in [1.807, 2.05) is 0 Å². The van der Waals surface area contributed by atoms with Crippen molar-refractivity contribution >= 4 is 11.6 Å². The molecule has 0 N–H and O–H groups in total. The molecule has 1 aromatic carbocycles. The van der Waals surface area contributed by atoms with Crippen LogP contribution in [0.2, 0.25) is 0 Å². The van der Waals surface area contributed by atoms with Crippen LogP contribution in [0.15, 0.2) is 12.1 Å². The molecule has 0 amide bonds. The molecule has 0 radical (unpaired) electrons. The number of ether oxygens (including phenoxy) is 2. The van der Waals surface area contributed by atoms with Crippen LogP contribution in [-0.4, -0.2) is 20.4 Å². The number of halogens is 5. The zero-order valence-electron chi connectivity index (χ0n) is 8.94.